The lowest BCUT2D eigenvalue weighted by Crippen LogP contribution is -2.63. The van der Waals surface area contributed by atoms with Crippen molar-refractivity contribution >= 4 is 143 Å². The van der Waals surface area contributed by atoms with Crippen LogP contribution in [0.4, 0.5) is 10.5 Å². The Morgan fingerprint density at radius 1 is 0.819 bits per heavy atom. The number of alkyl carbamates (subject to hydrolysis) is 1. The molecule has 1 aromatic heterocycles. The summed E-state index contributed by atoms with van der Waals surface area (Å²) in [5, 5.41) is 79.1. The van der Waals surface area contributed by atoms with Crippen LogP contribution < -0.4 is 63.2 Å². The van der Waals surface area contributed by atoms with Crippen molar-refractivity contribution in [2.24, 2.45) is 11.7 Å². The molecule has 40 heteroatoms. The quantitative estimate of drug-likeness (QED) is 0.0127. The van der Waals surface area contributed by atoms with Gasteiger partial charge in [-0.25, -0.2) is 14.4 Å². The van der Waals surface area contributed by atoms with E-state index in [4.69, 9.17) is 41.0 Å². The molecule has 127 heavy (non-hydrogen) atoms. The van der Waals surface area contributed by atoms with E-state index in [1.807, 2.05) is 25.1 Å². The number of ether oxygens (including phenoxy) is 5. The van der Waals surface area contributed by atoms with E-state index in [1.54, 1.807) is 86.8 Å². The number of amides is 10. The van der Waals surface area contributed by atoms with Crippen LogP contribution in [0.15, 0.2) is 121 Å². The molecule has 17 N–H and O–H groups in total. The van der Waals surface area contributed by atoms with Gasteiger partial charge in [0.15, 0.2) is 11.8 Å². The van der Waals surface area contributed by atoms with Gasteiger partial charge in [0.25, 0.3) is 0 Å². The molecule has 3 saturated heterocycles. The number of nitrogens with one attached hydrogen (secondary N) is 10. The normalized spacial score (nSPS) is 26.2. The zero-order valence-corrected chi connectivity index (χ0v) is 76.4. The van der Waals surface area contributed by atoms with E-state index < -0.39 is 192 Å². The number of anilines is 1. The summed E-state index contributed by atoms with van der Waals surface area (Å²) < 4.78 is 29.8. The molecule has 0 saturated carbocycles. The van der Waals surface area contributed by atoms with Gasteiger partial charge >= 0.3 is 18.0 Å². The van der Waals surface area contributed by atoms with Crippen molar-refractivity contribution in [2.45, 2.75) is 214 Å². The number of aliphatic carboxylic acids is 1. The van der Waals surface area contributed by atoms with Gasteiger partial charge in [-0.05, 0) is 139 Å². The van der Waals surface area contributed by atoms with Gasteiger partial charge < -0.3 is 112 Å². The molecular formula is C87H116ClN13O22S4. The van der Waals surface area contributed by atoms with Gasteiger partial charge in [-0.15, -0.1) is 0 Å². The van der Waals surface area contributed by atoms with Gasteiger partial charge in [0.05, 0.1) is 43.6 Å². The number of methoxy groups -OCH3 is 2. The number of aromatic nitrogens is 1. The molecular weight excluding hydrogens is 1740 g/mol. The van der Waals surface area contributed by atoms with Crippen LogP contribution in [0.1, 0.15) is 109 Å². The van der Waals surface area contributed by atoms with Gasteiger partial charge in [0.1, 0.15) is 82.7 Å². The number of carboxylic acid groups (broad SMARTS) is 1. The summed E-state index contributed by atoms with van der Waals surface area (Å²) in [6, 6.07) is 11.9. The van der Waals surface area contributed by atoms with Crippen LogP contribution in [0.25, 0.3) is 10.9 Å². The third kappa shape index (κ3) is 28.2. The molecule has 4 bridgehead atoms. The molecule has 4 aromatic carbocycles. The second kappa shape index (κ2) is 47.6. The molecule has 4 aliphatic heterocycles. The molecule has 0 radical (unpaired) electrons. The Morgan fingerprint density at radius 3 is 2.17 bits per heavy atom. The van der Waals surface area contributed by atoms with Crippen molar-refractivity contribution in [1.82, 2.24) is 57.7 Å². The molecule has 0 unspecified atom stereocenters. The number of unbranched alkanes of at least 4 members (excludes halogenated alkanes) is 1. The predicted molar refractivity (Wildman–Crippen MR) is 483 cm³/mol. The first-order chi connectivity index (χ1) is 60.4. The van der Waals surface area contributed by atoms with Crippen LogP contribution in [0.2, 0.25) is 5.02 Å². The summed E-state index contributed by atoms with van der Waals surface area (Å²) in [5.41, 5.74) is 6.90. The van der Waals surface area contributed by atoms with Crippen molar-refractivity contribution in [3.8, 4) is 11.5 Å². The number of likely N-dealkylation sites (N-methyl/N-ethyl adjacent to an activating group) is 1. The van der Waals surface area contributed by atoms with Gasteiger partial charge in [-0.2, -0.15) is 0 Å². The molecule has 692 valence electrons. The minimum atomic E-state index is -1.93. The maximum Gasteiger partial charge on any atom is 0.409 e. The first-order valence-electron chi connectivity index (χ1n) is 41.8. The number of epoxide rings is 1. The van der Waals surface area contributed by atoms with Crippen molar-refractivity contribution in [2.75, 3.05) is 69.3 Å². The lowest BCUT2D eigenvalue weighted by atomic mass is 9.83. The number of phenols is 1. The fourth-order valence-corrected chi connectivity index (χ4v) is 19.7. The number of phenolic OH excluding ortho intramolecular Hbond substituents is 1. The summed E-state index contributed by atoms with van der Waals surface area (Å²) in [6.07, 6.45) is -0.990. The van der Waals surface area contributed by atoms with E-state index in [0.717, 1.165) is 45.2 Å². The molecule has 3 fully saturated rings. The monoisotopic (exact) mass is 1860 g/mol. The number of H-pyrrole nitrogens is 1. The third-order valence-corrected chi connectivity index (χ3v) is 27.9. The largest absolute Gasteiger partial charge is 0.508 e. The summed E-state index contributed by atoms with van der Waals surface area (Å²) in [6.45, 7) is 9.55. The highest BCUT2D eigenvalue weighted by Gasteiger charge is 2.65. The fraction of sp³-hybridized carbons (Fsp3) is 0.517. The minimum absolute atomic E-state index is 0.0149. The van der Waals surface area contributed by atoms with Crippen LogP contribution >= 0.6 is 54.8 Å². The predicted octanol–water partition coefficient (Wildman–Crippen LogP) is 4.31. The Bertz CT molecular complexity index is 4750. The molecule has 10 amide bonds. The highest BCUT2D eigenvalue weighted by molar-refractivity contribution is 8.77. The highest BCUT2D eigenvalue weighted by Crippen LogP contribution is 2.49. The average molecular weight is 1860 g/mol. The number of aliphatic hydroxyl groups excluding tert-OH is 2. The number of aromatic amines is 1. The Balaban J connectivity index is 0.902. The lowest BCUT2D eigenvalue weighted by Gasteiger charge is -2.42. The summed E-state index contributed by atoms with van der Waals surface area (Å²) in [4.78, 5) is 178. The van der Waals surface area contributed by atoms with Crippen molar-refractivity contribution < 1.29 is 107 Å². The Labute approximate surface area is 757 Å². The van der Waals surface area contributed by atoms with Crippen LogP contribution in [-0.4, -0.2) is 273 Å². The number of para-hydroxylation sites is 1. The summed E-state index contributed by atoms with van der Waals surface area (Å²) in [5.74, 6) is -10.3. The number of esters is 1. The molecule has 4 aliphatic rings. The molecule has 9 rings (SSSR count). The Hall–Kier alpha value is -9.65. The molecule has 5 aromatic rings. The SMILES string of the molecule is COc1cc2cc(c1Cl)N(C)C(=O)C[C@H](OC(=O)[C@H](C)N(C)C(=O)CCSSCCCN[C@H](Cc1ccccc1)C(=O)N[C@H]1CSSC[C@@H](C(=O)N[C@H](C(=O)O)[C@@H](C)O)NC(=O)[C@H]([C@@H](C)O)NC(=O)[C@H](CCCCN)NC(=O)[C@@H](Cc3c[nH]c4ccccc34)NC(=O)[C@H](Cc3ccc(O)cc3)NC1=O)[C@@]1(C)O[C@H]1[C@H](C)[C@@H]1C[C@@](O)(NC(=O)O1)[C@H](OC)/C=C/C=C(\C)C2. The highest BCUT2D eigenvalue weighted by atomic mass is 35.5. The van der Waals surface area contributed by atoms with Gasteiger partial charge in [0, 0.05) is 92.9 Å². The number of allylic oxidation sites excluding steroid dienone is 3. The summed E-state index contributed by atoms with van der Waals surface area (Å²) >= 11 is 6.90. The van der Waals surface area contributed by atoms with Crippen LogP contribution in [0.3, 0.4) is 0 Å². The number of rotatable bonds is 31. The molecule has 0 spiro atoms. The number of carbonyl (C=O) groups is 12. The number of aromatic hydroxyl groups is 1. The maximum absolute atomic E-state index is 15.3. The number of nitrogens with two attached hydrogens (primary N) is 1. The first-order valence-corrected chi connectivity index (χ1v) is 47.2. The first kappa shape index (κ1) is 101. The number of benzene rings is 4. The number of carboxylic acids is 1. The lowest BCUT2D eigenvalue weighted by molar-refractivity contribution is -0.162. The number of aliphatic hydroxyl groups is 3. The Kier molecular flexibility index (Phi) is 37.9. The zero-order chi connectivity index (χ0) is 92.6. The van der Waals surface area contributed by atoms with Gasteiger partial charge in [-0.1, -0.05) is 146 Å². The minimum Gasteiger partial charge on any atom is -0.508 e. The topological polar surface area (TPSA) is 512 Å². The molecule has 5 heterocycles. The molecule has 18 atom stereocenters. The Morgan fingerprint density at radius 2 is 1.49 bits per heavy atom. The van der Waals surface area contributed by atoms with Crippen molar-refractivity contribution in [3.63, 3.8) is 0 Å². The number of nitrogens with zero attached hydrogens (tertiary/aromatic N) is 2. The standard InChI is InChI=1S/C87H116ClN13O22S4/c1-47-20-18-26-68(120-10)87(118)43-67(121-85(117)99-87)48(2)75-86(6,123-75)69(42-71(106)101(8)65-39-54(36-47)40-66(119-9)72(65)88)122-84(116)49(3)100(7)70(105)31-35-125-124-34-19-33-90-60(37-52-21-12-11-13-22-52)77(108)95-63-45-126-127-46-64(81(112)98-74(51(5)103)83(114)115)96-82(113)73(50(4)102)97-76(107)59(25-16-17-32-89)92-79(110)62(41-55-44-91-58-24-15-14-23-57(55)58)94-78(109)61(93-80(63)111)38-53-27-29-56(104)30-28-53/h11-15,18,20-24,26-30,39-40,44,48-51,59-64,67-69,73-75,90-91,102-104,118H,16-17,19,25,31-38,41-43,45-46,89H2,1-10H3,(H,92,110)(H,93,111)(H,94,109)(H,95,108)(H,96,113)(H,97,107)(H,98,112)(H,99,117)(H,114,115)/b26-18+,47-20+/t48-,49+,50-,51-,59+,60-,61+,62-,63+,64+,67+,68-,69+,73+,74+,75+,86-,87+/m1/s1. The summed E-state index contributed by atoms with van der Waals surface area (Å²) in [7, 11) is 10.5. The van der Waals surface area contributed by atoms with E-state index >= 15 is 19.2 Å². The van der Waals surface area contributed by atoms with Crippen molar-refractivity contribution in [3.05, 3.63) is 148 Å². The van der Waals surface area contributed by atoms with Crippen LogP contribution in [0.5, 0.6) is 11.5 Å². The van der Waals surface area contributed by atoms with Gasteiger partial charge in [-0.3, -0.25) is 48.5 Å². The van der Waals surface area contributed by atoms with Crippen molar-refractivity contribution in [1.29, 1.82) is 0 Å². The zero-order valence-electron chi connectivity index (χ0n) is 72.4. The number of hydrogen-bond acceptors (Lipinski definition) is 27. The third-order valence-electron chi connectivity index (χ3n) is 22.6. The second-order valence-electron chi connectivity index (χ2n) is 32.2. The smallest absolute Gasteiger partial charge is 0.409 e. The van der Waals surface area contributed by atoms with Crippen LogP contribution in [0, 0.1) is 5.92 Å². The number of carbonyl (C=O) groups excluding carboxylic acids is 11. The van der Waals surface area contributed by atoms with E-state index in [1.165, 1.54) is 97.8 Å². The molecule has 0 aliphatic carbocycles. The van der Waals surface area contributed by atoms with Crippen LogP contribution in [-0.2, 0) is 97.4 Å². The maximum atomic E-state index is 15.3. The van der Waals surface area contributed by atoms with E-state index in [2.05, 4.69) is 52.8 Å². The van der Waals surface area contributed by atoms with Gasteiger partial charge in [0.2, 0.25) is 53.2 Å². The second-order valence-corrected chi connectivity index (χ2v) is 37.9. The average Bonchev–Trinajstić information content (AvgIpc) is 1.57. The fourth-order valence-electron chi connectivity index (χ4n) is 15.0. The number of hydrogen-bond donors (Lipinski definition) is 16. The number of halogens is 1. The van der Waals surface area contributed by atoms with E-state index in [-0.39, 0.29) is 74.6 Å². The molecule has 35 nitrogen and oxygen atoms in total. The van der Waals surface area contributed by atoms with E-state index in [9.17, 15) is 63.9 Å². The number of fused-ring (bicyclic) bond motifs is 6. The van der Waals surface area contributed by atoms with E-state index in [0.29, 0.717) is 64.2 Å².